The predicted molar refractivity (Wildman–Crippen MR) is 61.7 cm³/mol. The highest BCUT2D eigenvalue weighted by Crippen LogP contribution is 2.14. The summed E-state index contributed by atoms with van der Waals surface area (Å²) in [4.78, 5) is 15.5. The molecule has 0 saturated carbocycles. The van der Waals surface area contributed by atoms with Crippen molar-refractivity contribution in [1.82, 2.24) is 0 Å². The minimum absolute atomic E-state index is 0.120. The Hall–Kier alpha value is -2.04. The zero-order valence-corrected chi connectivity index (χ0v) is 9.31. The molecule has 5 nitrogen and oxygen atoms in total. The fourth-order valence-electron chi connectivity index (χ4n) is 1.19. The van der Waals surface area contributed by atoms with Crippen LogP contribution in [0.25, 0.3) is 0 Å². The van der Waals surface area contributed by atoms with E-state index in [1.165, 1.54) is 0 Å². The van der Waals surface area contributed by atoms with Gasteiger partial charge in [-0.15, -0.1) is 0 Å². The van der Waals surface area contributed by atoms with Crippen LogP contribution in [0.5, 0.6) is 0 Å². The fraction of sp³-hybridized carbons (Fsp3) is 0.273. The van der Waals surface area contributed by atoms with Crippen LogP contribution < -0.4 is 11.5 Å². The van der Waals surface area contributed by atoms with Gasteiger partial charge >= 0.3 is 5.97 Å². The SMILES string of the molecule is CC(C)(N=C(N)N)OC(=O)c1ccccc1. The number of nitrogens with two attached hydrogens (primary N) is 2. The molecule has 0 aliphatic heterocycles. The third-order valence-electron chi connectivity index (χ3n) is 1.75. The van der Waals surface area contributed by atoms with Crippen molar-refractivity contribution in [2.45, 2.75) is 19.6 Å². The van der Waals surface area contributed by atoms with Crippen LogP contribution in [-0.2, 0) is 4.74 Å². The molecule has 0 aromatic heterocycles. The van der Waals surface area contributed by atoms with Gasteiger partial charge in [-0.05, 0) is 26.0 Å². The van der Waals surface area contributed by atoms with Crippen LogP contribution in [0.15, 0.2) is 35.3 Å². The van der Waals surface area contributed by atoms with Gasteiger partial charge in [0.05, 0.1) is 5.56 Å². The Morgan fingerprint density at radius 2 is 1.81 bits per heavy atom. The van der Waals surface area contributed by atoms with Gasteiger partial charge in [0, 0.05) is 0 Å². The van der Waals surface area contributed by atoms with E-state index in [-0.39, 0.29) is 5.96 Å². The highest BCUT2D eigenvalue weighted by Gasteiger charge is 2.22. The van der Waals surface area contributed by atoms with Gasteiger partial charge in [0.25, 0.3) is 0 Å². The number of hydrogen-bond acceptors (Lipinski definition) is 3. The Kier molecular flexibility index (Phi) is 3.50. The van der Waals surface area contributed by atoms with Gasteiger partial charge in [0.2, 0.25) is 5.72 Å². The predicted octanol–water partition coefficient (Wildman–Crippen LogP) is 0.853. The van der Waals surface area contributed by atoms with E-state index in [9.17, 15) is 4.79 Å². The Balaban J connectivity index is 2.76. The number of ether oxygens (including phenoxy) is 1. The lowest BCUT2D eigenvalue weighted by atomic mass is 10.2. The van der Waals surface area contributed by atoms with Gasteiger partial charge in [-0.3, -0.25) is 0 Å². The van der Waals surface area contributed by atoms with Crippen molar-refractivity contribution < 1.29 is 9.53 Å². The first-order valence-electron chi connectivity index (χ1n) is 4.80. The molecule has 0 bridgehead atoms. The molecule has 0 spiro atoms. The zero-order chi connectivity index (χ0) is 12.2. The molecule has 0 unspecified atom stereocenters. The molecule has 0 atom stereocenters. The maximum absolute atomic E-state index is 11.7. The molecule has 0 aliphatic rings. The minimum Gasteiger partial charge on any atom is -0.434 e. The number of benzene rings is 1. The van der Waals surface area contributed by atoms with Crippen LogP contribution in [0.3, 0.4) is 0 Å². The number of carbonyl (C=O) groups is 1. The maximum Gasteiger partial charge on any atom is 0.340 e. The summed E-state index contributed by atoms with van der Waals surface area (Å²) in [5, 5.41) is 0. The fourth-order valence-corrected chi connectivity index (χ4v) is 1.19. The third-order valence-corrected chi connectivity index (χ3v) is 1.75. The van der Waals surface area contributed by atoms with Crippen molar-refractivity contribution in [3.8, 4) is 0 Å². The molecule has 0 heterocycles. The van der Waals surface area contributed by atoms with E-state index in [0.29, 0.717) is 5.56 Å². The second kappa shape index (κ2) is 4.65. The summed E-state index contributed by atoms with van der Waals surface area (Å²) in [6.45, 7) is 3.21. The third kappa shape index (κ3) is 3.61. The molecule has 5 heteroatoms. The largest absolute Gasteiger partial charge is 0.434 e. The van der Waals surface area contributed by atoms with Crippen molar-refractivity contribution >= 4 is 11.9 Å². The number of hydrogen-bond donors (Lipinski definition) is 2. The number of rotatable bonds is 3. The van der Waals surface area contributed by atoms with Crippen LogP contribution in [0.4, 0.5) is 0 Å². The van der Waals surface area contributed by atoms with Gasteiger partial charge in [0.1, 0.15) is 0 Å². The van der Waals surface area contributed by atoms with E-state index in [4.69, 9.17) is 16.2 Å². The lowest BCUT2D eigenvalue weighted by Crippen LogP contribution is -2.33. The van der Waals surface area contributed by atoms with Gasteiger partial charge in [-0.2, -0.15) is 0 Å². The smallest absolute Gasteiger partial charge is 0.340 e. The summed E-state index contributed by atoms with van der Waals surface area (Å²) in [7, 11) is 0. The Bertz CT molecular complexity index is 395. The number of esters is 1. The summed E-state index contributed by atoms with van der Waals surface area (Å²) in [5.41, 5.74) is 9.85. The van der Waals surface area contributed by atoms with Crippen LogP contribution in [-0.4, -0.2) is 17.7 Å². The first kappa shape index (κ1) is 12.0. The van der Waals surface area contributed by atoms with Crippen molar-refractivity contribution in [1.29, 1.82) is 0 Å². The molecule has 1 aromatic carbocycles. The monoisotopic (exact) mass is 221 g/mol. The Morgan fingerprint density at radius 1 is 1.25 bits per heavy atom. The first-order valence-corrected chi connectivity index (χ1v) is 4.80. The highest BCUT2D eigenvalue weighted by molar-refractivity contribution is 5.89. The molecule has 16 heavy (non-hydrogen) atoms. The molecule has 0 amide bonds. The van der Waals surface area contributed by atoms with E-state index >= 15 is 0 Å². The second-order valence-electron chi connectivity index (χ2n) is 3.74. The summed E-state index contributed by atoms with van der Waals surface area (Å²) >= 11 is 0. The average Bonchev–Trinajstić information content (AvgIpc) is 2.16. The summed E-state index contributed by atoms with van der Waals surface area (Å²) in [5.74, 6) is -0.582. The maximum atomic E-state index is 11.7. The number of guanidine groups is 1. The van der Waals surface area contributed by atoms with E-state index < -0.39 is 11.7 Å². The van der Waals surface area contributed by atoms with Crippen LogP contribution >= 0.6 is 0 Å². The molecule has 0 radical (unpaired) electrons. The minimum atomic E-state index is -1.06. The van der Waals surface area contributed by atoms with Gasteiger partial charge in [-0.25, -0.2) is 9.79 Å². The molecule has 1 aromatic rings. The standard InChI is InChI=1S/C11H15N3O2/c1-11(2,14-10(12)13)16-9(15)8-6-4-3-5-7-8/h3-7H,1-2H3,(H4,12,13,14). The number of nitrogens with zero attached hydrogens (tertiary/aromatic N) is 1. The van der Waals surface area contributed by atoms with E-state index in [1.54, 1.807) is 38.1 Å². The van der Waals surface area contributed by atoms with Crippen molar-refractivity contribution in [3.63, 3.8) is 0 Å². The van der Waals surface area contributed by atoms with Crippen LogP contribution in [0.1, 0.15) is 24.2 Å². The molecular weight excluding hydrogens is 206 g/mol. The quantitative estimate of drug-likeness (QED) is 0.450. The van der Waals surface area contributed by atoms with Crippen LogP contribution in [0.2, 0.25) is 0 Å². The second-order valence-corrected chi connectivity index (χ2v) is 3.74. The van der Waals surface area contributed by atoms with E-state index in [1.807, 2.05) is 6.07 Å². The topological polar surface area (TPSA) is 90.7 Å². The highest BCUT2D eigenvalue weighted by atomic mass is 16.6. The summed E-state index contributed by atoms with van der Waals surface area (Å²) in [6, 6.07) is 8.65. The average molecular weight is 221 g/mol. The first-order chi connectivity index (χ1) is 7.41. The number of aliphatic imine (C=N–C) groups is 1. The molecule has 4 N–H and O–H groups in total. The zero-order valence-electron chi connectivity index (χ0n) is 9.31. The van der Waals surface area contributed by atoms with Crippen LogP contribution in [0, 0.1) is 0 Å². The lowest BCUT2D eigenvalue weighted by molar-refractivity contribution is 0.00297. The Morgan fingerprint density at radius 3 is 2.31 bits per heavy atom. The number of carbonyl (C=O) groups excluding carboxylic acids is 1. The van der Waals surface area contributed by atoms with Gasteiger partial charge < -0.3 is 16.2 Å². The normalized spacial score (nSPS) is 10.6. The Labute approximate surface area is 94.1 Å². The van der Waals surface area contributed by atoms with Crippen molar-refractivity contribution in [3.05, 3.63) is 35.9 Å². The van der Waals surface area contributed by atoms with Crippen molar-refractivity contribution in [2.75, 3.05) is 0 Å². The molecular formula is C11H15N3O2. The molecule has 86 valence electrons. The summed E-state index contributed by atoms with van der Waals surface area (Å²) < 4.78 is 5.15. The molecule has 0 saturated heterocycles. The molecule has 0 fully saturated rings. The van der Waals surface area contributed by atoms with Gasteiger partial charge in [-0.1, -0.05) is 18.2 Å². The molecule has 1 rings (SSSR count). The lowest BCUT2D eigenvalue weighted by Gasteiger charge is -2.20. The van der Waals surface area contributed by atoms with E-state index in [0.717, 1.165) is 0 Å². The van der Waals surface area contributed by atoms with E-state index in [2.05, 4.69) is 4.99 Å². The van der Waals surface area contributed by atoms with Crippen molar-refractivity contribution in [2.24, 2.45) is 16.5 Å². The molecule has 0 aliphatic carbocycles. The summed E-state index contributed by atoms with van der Waals surface area (Å²) in [6.07, 6.45) is 0. The van der Waals surface area contributed by atoms with Gasteiger partial charge in [0.15, 0.2) is 5.96 Å².